The lowest BCUT2D eigenvalue weighted by atomic mass is 10.1. The Bertz CT molecular complexity index is 1080. The molecule has 2 heterocycles. The van der Waals surface area contributed by atoms with Crippen LogP contribution in [0.1, 0.15) is 23.9 Å². The van der Waals surface area contributed by atoms with Gasteiger partial charge in [-0.15, -0.1) is 0 Å². The zero-order valence-corrected chi connectivity index (χ0v) is 19.4. The van der Waals surface area contributed by atoms with Crippen LogP contribution in [0.3, 0.4) is 0 Å². The van der Waals surface area contributed by atoms with Crippen molar-refractivity contribution in [2.45, 2.75) is 33.0 Å². The summed E-state index contributed by atoms with van der Waals surface area (Å²) in [5.74, 6) is 0.944. The molecule has 33 heavy (non-hydrogen) atoms. The number of aryl methyl sites for hydroxylation is 1. The molecule has 0 saturated carbocycles. The van der Waals surface area contributed by atoms with Crippen molar-refractivity contribution >= 4 is 5.91 Å². The number of aromatic nitrogens is 2. The molecule has 0 N–H and O–H groups in total. The third-order valence-electron chi connectivity index (χ3n) is 6.13. The largest absolute Gasteiger partial charge is 0.340 e. The lowest BCUT2D eigenvalue weighted by molar-refractivity contribution is -0.136. The van der Waals surface area contributed by atoms with Gasteiger partial charge in [-0.3, -0.25) is 14.6 Å². The van der Waals surface area contributed by atoms with Crippen molar-refractivity contribution in [3.05, 3.63) is 71.4 Å². The van der Waals surface area contributed by atoms with Gasteiger partial charge in [-0.1, -0.05) is 47.1 Å². The summed E-state index contributed by atoms with van der Waals surface area (Å²) in [6, 6.07) is 14.2. The summed E-state index contributed by atoms with van der Waals surface area (Å²) in [7, 11) is 1.77. The molecule has 0 aliphatic carbocycles. The van der Waals surface area contributed by atoms with Crippen molar-refractivity contribution in [3.63, 3.8) is 0 Å². The Morgan fingerprint density at radius 1 is 1.15 bits per heavy atom. The number of carbonyl (C=O) groups excluding carboxylic acids is 1. The Kier molecular flexibility index (Phi) is 7.15. The second-order valence-corrected chi connectivity index (χ2v) is 8.69. The highest BCUT2D eigenvalue weighted by Gasteiger charge is 2.28. The maximum atomic E-state index is 13.4. The molecule has 3 aromatic rings. The normalized spacial score (nSPS) is 16.0. The third kappa shape index (κ3) is 5.83. The van der Waals surface area contributed by atoms with Crippen molar-refractivity contribution in [2.24, 2.45) is 0 Å². The monoisotopic (exact) mass is 451 g/mol. The van der Waals surface area contributed by atoms with Crippen molar-refractivity contribution in [1.82, 2.24) is 24.8 Å². The van der Waals surface area contributed by atoms with E-state index in [1.807, 2.05) is 44.2 Å². The number of amides is 1. The molecule has 1 amide bonds. The van der Waals surface area contributed by atoms with Crippen LogP contribution in [0.25, 0.3) is 11.4 Å². The number of hydrogen-bond donors (Lipinski definition) is 0. The SMILES string of the molecule is Cc1ccc(-c2noc(CN3CCN([C@@H](C)C(=O)N(C)Cc4cccc(F)c4)CC3)n2)cc1. The molecule has 174 valence electrons. The van der Waals surface area contributed by atoms with E-state index < -0.39 is 0 Å². The molecule has 0 bridgehead atoms. The topological polar surface area (TPSA) is 65.7 Å². The molecule has 1 aliphatic heterocycles. The number of piperazine rings is 1. The zero-order chi connectivity index (χ0) is 23.4. The molecule has 1 atom stereocenters. The molecular formula is C25H30FN5O2. The first kappa shape index (κ1) is 23.1. The first-order valence-electron chi connectivity index (χ1n) is 11.2. The van der Waals surface area contributed by atoms with E-state index >= 15 is 0 Å². The number of rotatable bonds is 7. The van der Waals surface area contributed by atoms with E-state index in [-0.39, 0.29) is 17.8 Å². The molecular weight excluding hydrogens is 421 g/mol. The van der Waals surface area contributed by atoms with Gasteiger partial charge in [0.25, 0.3) is 0 Å². The summed E-state index contributed by atoms with van der Waals surface area (Å²) in [4.78, 5) is 23.6. The van der Waals surface area contributed by atoms with Crippen molar-refractivity contribution in [2.75, 3.05) is 33.2 Å². The van der Waals surface area contributed by atoms with Gasteiger partial charge < -0.3 is 9.42 Å². The van der Waals surface area contributed by atoms with Gasteiger partial charge in [0.1, 0.15) is 5.82 Å². The highest BCUT2D eigenvalue weighted by atomic mass is 19.1. The number of nitrogens with zero attached hydrogens (tertiary/aromatic N) is 5. The Hall–Kier alpha value is -3.10. The van der Waals surface area contributed by atoms with Crippen LogP contribution >= 0.6 is 0 Å². The van der Waals surface area contributed by atoms with E-state index in [0.717, 1.165) is 37.3 Å². The minimum Gasteiger partial charge on any atom is -0.340 e. The summed E-state index contributed by atoms with van der Waals surface area (Å²) in [6.45, 7) is 8.14. The van der Waals surface area contributed by atoms with Gasteiger partial charge in [0.2, 0.25) is 17.6 Å². The van der Waals surface area contributed by atoms with Crippen LogP contribution in [0.15, 0.2) is 53.1 Å². The lowest BCUT2D eigenvalue weighted by Gasteiger charge is -2.38. The van der Waals surface area contributed by atoms with E-state index in [9.17, 15) is 9.18 Å². The van der Waals surface area contributed by atoms with Gasteiger partial charge in [-0.2, -0.15) is 4.98 Å². The molecule has 2 aromatic carbocycles. The standard InChI is InChI=1S/C25H30FN5O2/c1-18-7-9-21(10-8-18)24-27-23(33-28-24)17-30-11-13-31(14-12-30)19(2)25(32)29(3)16-20-5-4-6-22(26)15-20/h4-10,15,19H,11-14,16-17H2,1-3H3/t19-/m0/s1. The van der Waals surface area contributed by atoms with Crippen molar-refractivity contribution in [3.8, 4) is 11.4 Å². The number of hydrogen-bond acceptors (Lipinski definition) is 6. The highest BCUT2D eigenvalue weighted by molar-refractivity contribution is 5.81. The summed E-state index contributed by atoms with van der Waals surface area (Å²) in [6.07, 6.45) is 0. The fraction of sp³-hybridized carbons (Fsp3) is 0.400. The smallest absolute Gasteiger partial charge is 0.241 e. The first-order chi connectivity index (χ1) is 15.9. The predicted molar refractivity (Wildman–Crippen MR) is 124 cm³/mol. The first-order valence-corrected chi connectivity index (χ1v) is 11.2. The van der Waals surface area contributed by atoms with E-state index in [1.54, 1.807) is 18.0 Å². The molecule has 1 fully saturated rings. The maximum absolute atomic E-state index is 13.4. The van der Waals surface area contributed by atoms with Crippen LogP contribution < -0.4 is 0 Å². The predicted octanol–water partition coefficient (Wildman–Crippen LogP) is 3.35. The molecule has 1 saturated heterocycles. The van der Waals surface area contributed by atoms with Crippen LogP contribution in [-0.2, 0) is 17.9 Å². The Balaban J connectivity index is 1.27. The van der Waals surface area contributed by atoms with Gasteiger partial charge in [0, 0.05) is 45.3 Å². The third-order valence-corrected chi connectivity index (χ3v) is 6.13. The zero-order valence-electron chi connectivity index (χ0n) is 19.4. The molecule has 0 unspecified atom stereocenters. The summed E-state index contributed by atoms with van der Waals surface area (Å²) >= 11 is 0. The second kappa shape index (κ2) is 10.2. The van der Waals surface area contributed by atoms with Crippen LogP contribution in [0, 0.1) is 12.7 Å². The van der Waals surface area contributed by atoms with Gasteiger partial charge >= 0.3 is 0 Å². The number of halogens is 1. The summed E-state index contributed by atoms with van der Waals surface area (Å²) in [5, 5.41) is 4.11. The molecule has 4 rings (SSSR count). The second-order valence-electron chi connectivity index (χ2n) is 8.69. The van der Waals surface area contributed by atoms with Gasteiger partial charge in [-0.25, -0.2) is 4.39 Å². The number of benzene rings is 2. The Labute approximate surface area is 193 Å². The lowest BCUT2D eigenvalue weighted by Crippen LogP contribution is -2.53. The van der Waals surface area contributed by atoms with Crippen LogP contribution in [-0.4, -0.2) is 70.0 Å². The molecule has 0 radical (unpaired) electrons. The van der Waals surface area contributed by atoms with E-state index in [4.69, 9.17) is 4.52 Å². The quantitative estimate of drug-likeness (QED) is 0.549. The number of carbonyl (C=O) groups is 1. The van der Waals surface area contributed by atoms with Crippen LogP contribution in [0.5, 0.6) is 0 Å². The number of likely N-dealkylation sites (N-methyl/N-ethyl adjacent to an activating group) is 1. The molecule has 1 aliphatic rings. The Morgan fingerprint density at radius 2 is 1.88 bits per heavy atom. The molecule has 1 aromatic heterocycles. The van der Waals surface area contributed by atoms with Gasteiger partial charge in [0.05, 0.1) is 12.6 Å². The van der Waals surface area contributed by atoms with Gasteiger partial charge in [0.15, 0.2) is 0 Å². The fourth-order valence-electron chi connectivity index (χ4n) is 4.10. The average molecular weight is 452 g/mol. The Morgan fingerprint density at radius 3 is 2.58 bits per heavy atom. The average Bonchev–Trinajstić information content (AvgIpc) is 3.27. The highest BCUT2D eigenvalue weighted by Crippen LogP contribution is 2.18. The van der Waals surface area contributed by atoms with E-state index in [2.05, 4.69) is 19.9 Å². The molecule has 7 nitrogen and oxygen atoms in total. The maximum Gasteiger partial charge on any atom is 0.241 e. The van der Waals surface area contributed by atoms with Gasteiger partial charge in [-0.05, 0) is 31.5 Å². The van der Waals surface area contributed by atoms with Crippen molar-refractivity contribution < 1.29 is 13.7 Å². The minimum atomic E-state index is -0.287. The fourth-order valence-corrected chi connectivity index (χ4v) is 4.10. The summed E-state index contributed by atoms with van der Waals surface area (Å²) < 4.78 is 18.9. The molecule has 0 spiro atoms. The van der Waals surface area contributed by atoms with E-state index in [0.29, 0.717) is 24.8 Å². The molecule has 8 heteroatoms. The van der Waals surface area contributed by atoms with Crippen LogP contribution in [0.4, 0.5) is 4.39 Å². The minimum absolute atomic E-state index is 0.0346. The van der Waals surface area contributed by atoms with E-state index in [1.165, 1.54) is 17.7 Å². The van der Waals surface area contributed by atoms with Crippen LogP contribution in [0.2, 0.25) is 0 Å². The van der Waals surface area contributed by atoms with Crippen molar-refractivity contribution in [1.29, 1.82) is 0 Å². The summed E-state index contributed by atoms with van der Waals surface area (Å²) in [5.41, 5.74) is 2.91.